The summed E-state index contributed by atoms with van der Waals surface area (Å²) in [5.74, 6) is 0.989. The van der Waals surface area contributed by atoms with Gasteiger partial charge in [-0.3, -0.25) is 9.89 Å². The van der Waals surface area contributed by atoms with Crippen molar-refractivity contribution in [2.24, 2.45) is 0 Å². The van der Waals surface area contributed by atoms with E-state index in [2.05, 4.69) is 35.6 Å². The Morgan fingerprint density at radius 1 is 1.25 bits per heavy atom. The average Bonchev–Trinajstić information content (AvgIpc) is 3.36. The van der Waals surface area contributed by atoms with Gasteiger partial charge in [0.25, 0.3) is 5.91 Å². The molecule has 4 rings (SSSR count). The number of amides is 1. The monoisotopic (exact) mass is 322 g/mol. The number of nitrogens with zero attached hydrogens (tertiary/aromatic N) is 6. The zero-order valence-corrected chi connectivity index (χ0v) is 12.1. The zero-order chi connectivity index (χ0) is 16.4. The smallest absolute Gasteiger partial charge is 0.277 e. The van der Waals surface area contributed by atoms with Crippen LogP contribution in [0.15, 0.2) is 53.9 Å². The number of aromatic amines is 1. The summed E-state index contributed by atoms with van der Waals surface area (Å²) in [4.78, 5) is 24.2. The van der Waals surface area contributed by atoms with Crippen LogP contribution in [-0.4, -0.2) is 40.8 Å². The van der Waals surface area contributed by atoms with Crippen LogP contribution in [0.5, 0.6) is 0 Å². The minimum absolute atomic E-state index is 0.210. The topological polar surface area (TPSA) is 127 Å². The Bertz CT molecular complexity index is 959. The van der Waals surface area contributed by atoms with E-state index in [-0.39, 0.29) is 5.69 Å². The van der Waals surface area contributed by atoms with E-state index in [0.29, 0.717) is 23.1 Å². The molecule has 1 amide bonds. The predicted octanol–water partition coefficient (Wildman–Crippen LogP) is 1.29. The molecule has 0 unspecified atom stereocenters. The lowest BCUT2D eigenvalue weighted by molar-refractivity contribution is 0.102. The standard InChI is InChI=1S/C14H10N8O2/c23-14(10-4-9(20-21-10)11-2-1-3-24-11)19-12-5-13(17-7-16-12)22-8-15-6-18-22/h1-8H,(H,20,21)(H,16,17,19,23). The van der Waals surface area contributed by atoms with Gasteiger partial charge in [0.15, 0.2) is 17.3 Å². The van der Waals surface area contributed by atoms with Gasteiger partial charge in [0.05, 0.1) is 6.26 Å². The van der Waals surface area contributed by atoms with Gasteiger partial charge in [-0.25, -0.2) is 19.6 Å². The fourth-order valence-corrected chi connectivity index (χ4v) is 2.04. The lowest BCUT2D eigenvalue weighted by atomic mass is 10.3. The highest BCUT2D eigenvalue weighted by Crippen LogP contribution is 2.18. The van der Waals surface area contributed by atoms with Crippen molar-refractivity contribution < 1.29 is 9.21 Å². The molecule has 2 N–H and O–H groups in total. The SMILES string of the molecule is O=C(Nc1cc(-n2cncn2)ncn1)c1cc(-c2ccco2)[nH]n1. The van der Waals surface area contributed by atoms with Crippen LogP contribution in [-0.2, 0) is 0 Å². The molecule has 10 heteroatoms. The maximum absolute atomic E-state index is 12.3. The first-order valence-corrected chi connectivity index (χ1v) is 6.87. The molecule has 4 aromatic heterocycles. The fourth-order valence-electron chi connectivity index (χ4n) is 2.04. The largest absolute Gasteiger partial charge is 0.463 e. The quantitative estimate of drug-likeness (QED) is 0.579. The fraction of sp³-hybridized carbons (Fsp3) is 0. The first kappa shape index (κ1) is 13.8. The first-order chi connectivity index (χ1) is 11.8. The van der Waals surface area contributed by atoms with Crippen LogP contribution < -0.4 is 5.32 Å². The summed E-state index contributed by atoms with van der Waals surface area (Å²) in [7, 11) is 0. The van der Waals surface area contributed by atoms with Crippen LogP contribution in [0.4, 0.5) is 5.82 Å². The number of H-pyrrole nitrogens is 1. The van der Waals surface area contributed by atoms with E-state index < -0.39 is 5.91 Å². The Morgan fingerprint density at radius 3 is 3.00 bits per heavy atom. The van der Waals surface area contributed by atoms with Gasteiger partial charge in [-0.1, -0.05) is 0 Å². The lowest BCUT2D eigenvalue weighted by Gasteiger charge is -2.04. The number of nitrogens with one attached hydrogen (secondary N) is 2. The second kappa shape index (κ2) is 5.76. The molecule has 10 nitrogen and oxygen atoms in total. The van der Waals surface area contributed by atoms with Crippen LogP contribution >= 0.6 is 0 Å². The number of carbonyl (C=O) groups excluding carboxylic acids is 1. The van der Waals surface area contributed by atoms with E-state index in [4.69, 9.17) is 4.42 Å². The highest BCUT2D eigenvalue weighted by atomic mass is 16.3. The van der Waals surface area contributed by atoms with Crippen LogP contribution in [0.25, 0.3) is 17.3 Å². The number of rotatable bonds is 4. The molecule has 24 heavy (non-hydrogen) atoms. The van der Waals surface area contributed by atoms with E-state index in [1.807, 2.05) is 0 Å². The third kappa shape index (κ3) is 2.63. The number of hydrogen-bond donors (Lipinski definition) is 2. The molecule has 0 bridgehead atoms. The van der Waals surface area contributed by atoms with E-state index in [9.17, 15) is 4.79 Å². The van der Waals surface area contributed by atoms with Gasteiger partial charge in [-0.05, 0) is 12.1 Å². The van der Waals surface area contributed by atoms with E-state index in [1.165, 1.54) is 23.7 Å². The number of carbonyl (C=O) groups is 1. The van der Waals surface area contributed by atoms with Crippen LogP contribution in [0.2, 0.25) is 0 Å². The predicted molar refractivity (Wildman–Crippen MR) is 81.2 cm³/mol. The molecular formula is C14H10N8O2. The molecule has 0 aliphatic carbocycles. The second-order valence-electron chi connectivity index (χ2n) is 4.70. The minimum Gasteiger partial charge on any atom is -0.463 e. The number of anilines is 1. The van der Waals surface area contributed by atoms with Crippen molar-refractivity contribution in [3.63, 3.8) is 0 Å². The molecule has 0 fully saturated rings. The molecule has 0 aliphatic rings. The summed E-state index contributed by atoms with van der Waals surface area (Å²) >= 11 is 0. The molecule has 4 heterocycles. The van der Waals surface area contributed by atoms with Crippen molar-refractivity contribution >= 4 is 11.7 Å². The van der Waals surface area contributed by atoms with Crippen LogP contribution in [0, 0.1) is 0 Å². The van der Waals surface area contributed by atoms with Gasteiger partial charge in [-0.2, -0.15) is 10.2 Å². The third-order valence-corrected chi connectivity index (χ3v) is 3.14. The molecule has 4 aromatic rings. The van der Waals surface area contributed by atoms with Crippen molar-refractivity contribution in [2.45, 2.75) is 0 Å². The van der Waals surface area contributed by atoms with Gasteiger partial charge in [0.2, 0.25) is 0 Å². The Labute approximate surface area is 134 Å². The normalized spacial score (nSPS) is 10.7. The molecule has 0 aromatic carbocycles. The maximum atomic E-state index is 12.3. The van der Waals surface area contributed by atoms with Crippen molar-refractivity contribution in [3.8, 4) is 17.3 Å². The molecule has 0 saturated carbocycles. The van der Waals surface area contributed by atoms with E-state index >= 15 is 0 Å². The third-order valence-electron chi connectivity index (χ3n) is 3.14. The molecule has 0 spiro atoms. The first-order valence-electron chi connectivity index (χ1n) is 6.87. The Hall–Kier alpha value is -3.82. The molecular weight excluding hydrogens is 312 g/mol. The maximum Gasteiger partial charge on any atom is 0.277 e. The van der Waals surface area contributed by atoms with Gasteiger partial charge in [0.1, 0.15) is 30.5 Å². The molecule has 0 aliphatic heterocycles. The summed E-state index contributed by atoms with van der Waals surface area (Å²) < 4.78 is 6.71. The van der Waals surface area contributed by atoms with Crippen molar-refractivity contribution in [3.05, 3.63) is 55.2 Å². The van der Waals surface area contributed by atoms with Crippen molar-refractivity contribution in [2.75, 3.05) is 5.32 Å². The van der Waals surface area contributed by atoms with Gasteiger partial charge in [0, 0.05) is 12.1 Å². The summed E-state index contributed by atoms with van der Waals surface area (Å²) in [5, 5.41) is 13.3. The highest BCUT2D eigenvalue weighted by Gasteiger charge is 2.14. The Kier molecular flexibility index (Phi) is 3.31. The van der Waals surface area contributed by atoms with Crippen molar-refractivity contribution in [1.82, 2.24) is 34.9 Å². The summed E-state index contributed by atoms with van der Waals surface area (Å²) in [6.07, 6.45) is 5.76. The summed E-state index contributed by atoms with van der Waals surface area (Å²) in [6.45, 7) is 0. The number of furan rings is 1. The highest BCUT2D eigenvalue weighted by molar-refractivity contribution is 6.02. The molecule has 0 saturated heterocycles. The molecule has 118 valence electrons. The van der Waals surface area contributed by atoms with Gasteiger partial charge >= 0.3 is 0 Å². The van der Waals surface area contributed by atoms with Crippen LogP contribution in [0.3, 0.4) is 0 Å². The molecule has 0 radical (unpaired) electrons. The van der Waals surface area contributed by atoms with E-state index in [1.54, 1.807) is 30.5 Å². The summed E-state index contributed by atoms with van der Waals surface area (Å²) in [5.41, 5.74) is 0.818. The van der Waals surface area contributed by atoms with Crippen molar-refractivity contribution in [1.29, 1.82) is 0 Å². The zero-order valence-electron chi connectivity index (χ0n) is 12.1. The lowest BCUT2D eigenvalue weighted by Crippen LogP contribution is -2.14. The van der Waals surface area contributed by atoms with E-state index in [0.717, 1.165) is 0 Å². The Morgan fingerprint density at radius 2 is 2.21 bits per heavy atom. The average molecular weight is 322 g/mol. The molecule has 0 atom stereocenters. The number of aromatic nitrogens is 7. The van der Waals surface area contributed by atoms with Crippen LogP contribution in [0.1, 0.15) is 10.5 Å². The van der Waals surface area contributed by atoms with Gasteiger partial charge < -0.3 is 9.73 Å². The second-order valence-corrected chi connectivity index (χ2v) is 4.70. The Balaban J connectivity index is 1.53. The number of hydrogen-bond acceptors (Lipinski definition) is 7. The summed E-state index contributed by atoms with van der Waals surface area (Å²) in [6, 6.07) is 6.69. The minimum atomic E-state index is -0.410. The van der Waals surface area contributed by atoms with Gasteiger partial charge in [-0.15, -0.1) is 0 Å².